The lowest BCUT2D eigenvalue weighted by Crippen LogP contribution is -2.24. The molecule has 5 heteroatoms. The molecule has 0 aliphatic heterocycles. The highest BCUT2D eigenvalue weighted by Gasteiger charge is 2.11. The number of sulfonamides is 1. The summed E-state index contributed by atoms with van der Waals surface area (Å²) < 4.78 is 26.5. The van der Waals surface area contributed by atoms with Gasteiger partial charge in [0.1, 0.15) is 0 Å². The van der Waals surface area contributed by atoms with E-state index in [9.17, 15) is 8.42 Å². The smallest absolute Gasteiger partial charge is 0.216 e. The van der Waals surface area contributed by atoms with Gasteiger partial charge in [0.05, 0.1) is 12.4 Å². The van der Waals surface area contributed by atoms with Crippen LogP contribution in [-0.2, 0) is 28.9 Å². The lowest BCUT2D eigenvalue weighted by Gasteiger charge is -2.07. The highest BCUT2D eigenvalue weighted by atomic mass is 32.2. The van der Waals surface area contributed by atoms with E-state index in [0.29, 0.717) is 5.56 Å². The standard InChI is InChI=1S/C15H17NO3S/c17-11-14-6-8-15(9-7-14)12-20(18,19)16-10-13-4-2-1-3-5-13/h1-9,16-17H,10-12H2. The largest absolute Gasteiger partial charge is 0.392 e. The van der Waals surface area contributed by atoms with Crippen LogP contribution >= 0.6 is 0 Å². The van der Waals surface area contributed by atoms with Crippen molar-refractivity contribution in [1.82, 2.24) is 4.72 Å². The van der Waals surface area contributed by atoms with Crippen LogP contribution in [0.5, 0.6) is 0 Å². The van der Waals surface area contributed by atoms with E-state index < -0.39 is 10.0 Å². The summed E-state index contributed by atoms with van der Waals surface area (Å²) in [5.41, 5.74) is 2.39. The summed E-state index contributed by atoms with van der Waals surface area (Å²) >= 11 is 0. The van der Waals surface area contributed by atoms with Crippen LogP contribution in [0.1, 0.15) is 16.7 Å². The van der Waals surface area contributed by atoms with Crippen LogP contribution in [0.4, 0.5) is 0 Å². The molecule has 0 heterocycles. The minimum Gasteiger partial charge on any atom is -0.392 e. The zero-order valence-corrected chi connectivity index (χ0v) is 11.8. The predicted octanol–water partition coefficient (Wildman–Crippen LogP) is 1.80. The van der Waals surface area contributed by atoms with Gasteiger partial charge in [0.25, 0.3) is 0 Å². The van der Waals surface area contributed by atoms with Gasteiger partial charge in [-0.3, -0.25) is 0 Å². The van der Waals surface area contributed by atoms with Crippen molar-refractivity contribution in [2.45, 2.75) is 18.9 Å². The van der Waals surface area contributed by atoms with Gasteiger partial charge in [-0.2, -0.15) is 0 Å². The van der Waals surface area contributed by atoms with E-state index in [1.54, 1.807) is 24.3 Å². The summed E-state index contributed by atoms with van der Waals surface area (Å²) in [6.07, 6.45) is 0. The molecule has 2 N–H and O–H groups in total. The van der Waals surface area contributed by atoms with Gasteiger partial charge in [0.15, 0.2) is 0 Å². The molecule has 0 aliphatic rings. The summed E-state index contributed by atoms with van der Waals surface area (Å²) in [5, 5.41) is 8.94. The molecule has 0 radical (unpaired) electrons. The van der Waals surface area contributed by atoms with Crippen LogP contribution in [0.2, 0.25) is 0 Å². The number of hydrogen-bond acceptors (Lipinski definition) is 3. The number of aliphatic hydroxyl groups excluding tert-OH is 1. The van der Waals surface area contributed by atoms with E-state index in [0.717, 1.165) is 11.1 Å². The molecule has 20 heavy (non-hydrogen) atoms. The summed E-state index contributed by atoms with van der Waals surface area (Å²) in [4.78, 5) is 0. The molecule has 0 saturated carbocycles. The van der Waals surface area contributed by atoms with Crippen LogP contribution < -0.4 is 4.72 Å². The lowest BCUT2D eigenvalue weighted by atomic mass is 10.2. The quantitative estimate of drug-likeness (QED) is 0.853. The van der Waals surface area contributed by atoms with Crippen molar-refractivity contribution in [3.05, 3.63) is 71.3 Å². The van der Waals surface area contributed by atoms with Crippen molar-refractivity contribution in [3.63, 3.8) is 0 Å². The van der Waals surface area contributed by atoms with E-state index in [2.05, 4.69) is 4.72 Å². The van der Waals surface area contributed by atoms with Crippen LogP contribution in [0, 0.1) is 0 Å². The monoisotopic (exact) mass is 291 g/mol. The van der Waals surface area contributed by atoms with E-state index in [-0.39, 0.29) is 18.9 Å². The highest BCUT2D eigenvalue weighted by Crippen LogP contribution is 2.08. The maximum Gasteiger partial charge on any atom is 0.216 e. The molecular formula is C15H17NO3S. The molecule has 0 unspecified atom stereocenters. The Balaban J connectivity index is 1.96. The molecule has 0 aliphatic carbocycles. The summed E-state index contributed by atoms with van der Waals surface area (Å²) in [6.45, 7) is 0.247. The Labute approximate surface area is 119 Å². The first kappa shape index (κ1) is 14.7. The van der Waals surface area contributed by atoms with Crippen molar-refractivity contribution < 1.29 is 13.5 Å². The second-order valence-corrected chi connectivity index (χ2v) is 6.35. The fourth-order valence-corrected chi connectivity index (χ4v) is 2.92. The Morgan fingerprint density at radius 2 is 1.45 bits per heavy atom. The van der Waals surface area contributed by atoms with Gasteiger partial charge in [0.2, 0.25) is 10.0 Å². The zero-order valence-electron chi connectivity index (χ0n) is 11.0. The van der Waals surface area contributed by atoms with Crippen LogP contribution in [0.3, 0.4) is 0 Å². The minimum atomic E-state index is -3.36. The fourth-order valence-electron chi connectivity index (χ4n) is 1.80. The van der Waals surface area contributed by atoms with Gasteiger partial charge in [0, 0.05) is 6.54 Å². The normalized spacial score (nSPS) is 11.4. The molecule has 0 spiro atoms. The first-order valence-electron chi connectivity index (χ1n) is 6.29. The zero-order chi connectivity index (χ0) is 14.4. The van der Waals surface area contributed by atoms with Gasteiger partial charge < -0.3 is 5.11 Å². The fraction of sp³-hybridized carbons (Fsp3) is 0.200. The highest BCUT2D eigenvalue weighted by molar-refractivity contribution is 7.88. The average Bonchev–Trinajstić information content (AvgIpc) is 2.47. The second-order valence-electron chi connectivity index (χ2n) is 4.54. The van der Waals surface area contributed by atoms with E-state index in [1.165, 1.54) is 0 Å². The van der Waals surface area contributed by atoms with Crippen LogP contribution in [-0.4, -0.2) is 13.5 Å². The Hall–Kier alpha value is -1.69. The maximum atomic E-state index is 12.0. The predicted molar refractivity (Wildman–Crippen MR) is 78.3 cm³/mol. The summed E-state index contributed by atoms with van der Waals surface area (Å²) in [5.74, 6) is -0.0639. The summed E-state index contributed by atoms with van der Waals surface area (Å²) in [7, 11) is -3.36. The van der Waals surface area contributed by atoms with Gasteiger partial charge in [-0.05, 0) is 16.7 Å². The second kappa shape index (κ2) is 6.65. The first-order valence-corrected chi connectivity index (χ1v) is 7.94. The van der Waals surface area contributed by atoms with Crippen LogP contribution in [0.15, 0.2) is 54.6 Å². The Kier molecular flexibility index (Phi) is 4.89. The molecule has 0 fully saturated rings. The van der Waals surface area contributed by atoms with E-state index in [1.807, 2.05) is 30.3 Å². The van der Waals surface area contributed by atoms with Crippen molar-refractivity contribution in [1.29, 1.82) is 0 Å². The van der Waals surface area contributed by atoms with Gasteiger partial charge in [-0.25, -0.2) is 13.1 Å². The molecule has 0 aromatic heterocycles. The summed E-state index contributed by atoms with van der Waals surface area (Å²) in [6, 6.07) is 16.3. The molecule has 0 atom stereocenters. The molecule has 2 aromatic carbocycles. The molecule has 4 nitrogen and oxygen atoms in total. The Morgan fingerprint density at radius 1 is 0.850 bits per heavy atom. The number of rotatable bonds is 6. The molecule has 2 rings (SSSR count). The SMILES string of the molecule is O=S(=O)(Cc1ccc(CO)cc1)NCc1ccccc1. The number of aliphatic hydroxyl groups is 1. The van der Waals surface area contributed by atoms with Gasteiger partial charge in [-0.1, -0.05) is 54.6 Å². The molecular weight excluding hydrogens is 274 g/mol. The topological polar surface area (TPSA) is 66.4 Å². The van der Waals surface area contributed by atoms with Gasteiger partial charge in [-0.15, -0.1) is 0 Å². The first-order chi connectivity index (χ1) is 9.59. The molecule has 0 saturated heterocycles. The third-order valence-electron chi connectivity index (χ3n) is 2.90. The van der Waals surface area contributed by atoms with Crippen molar-refractivity contribution in [2.75, 3.05) is 0 Å². The molecule has 2 aromatic rings. The van der Waals surface area contributed by atoms with Crippen molar-refractivity contribution in [2.24, 2.45) is 0 Å². The van der Waals surface area contributed by atoms with Gasteiger partial charge >= 0.3 is 0 Å². The number of benzene rings is 2. The average molecular weight is 291 g/mol. The Morgan fingerprint density at radius 3 is 2.05 bits per heavy atom. The number of hydrogen-bond donors (Lipinski definition) is 2. The third kappa shape index (κ3) is 4.45. The van der Waals surface area contributed by atoms with E-state index >= 15 is 0 Å². The maximum absolute atomic E-state index is 12.0. The third-order valence-corrected chi connectivity index (χ3v) is 4.20. The number of nitrogens with one attached hydrogen (secondary N) is 1. The minimum absolute atomic E-state index is 0.0424. The molecule has 0 amide bonds. The van der Waals surface area contributed by atoms with Crippen molar-refractivity contribution in [3.8, 4) is 0 Å². The molecule has 0 bridgehead atoms. The lowest BCUT2D eigenvalue weighted by molar-refractivity contribution is 0.282. The molecule has 106 valence electrons. The van der Waals surface area contributed by atoms with E-state index in [4.69, 9.17) is 5.11 Å². The Bertz CT molecular complexity index is 637. The van der Waals surface area contributed by atoms with Crippen LogP contribution in [0.25, 0.3) is 0 Å². The van der Waals surface area contributed by atoms with Crippen molar-refractivity contribution >= 4 is 10.0 Å².